The lowest BCUT2D eigenvalue weighted by Gasteiger charge is -2.12. The maximum atomic E-state index is 12.0. The molecule has 2 aromatic carbocycles. The minimum absolute atomic E-state index is 0.102. The van der Waals surface area contributed by atoms with Crippen LogP contribution < -0.4 is 21.3 Å². The Hall–Kier alpha value is -2.77. The fraction of sp³-hybridized carbons (Fsp3) is 0.333. The standard InChI is InChI=1S/C21H25ClN4O3/c22-16-4-1-3-15(13-16)10-11-23-20(27)25-17-6-8-18(9-7-17)26-21(28)24-14-19-5-2-12-29-19/h1,3-4,6-9,13,19H,2,5,10-12,14H2,(H2,23,25,27)(H2,24,26,28). The summed E-state index contributed by atoms with van der Waals surface area (Å²) in [4.78, 5) is 23.9. The molecule has 8 heteroatoms. The second-order valence-electron chi connectivity index (χ2n) is 6.81. The third-order valence-corrected chi connectivity index (χ3v) is 4.74. The number of halogens is 1. The van der Waals surface area contributed by atoms with Crippen LogP contribution in [0.15, 0.2) is 48.5 Å². The Morgan fingerprint density at radius 1 is 1.00 bits per heavy atom. The Bertz CT molecular complexity index is 823. The average molecular weight is 417 g/mol. The van der Waals surface area contributed by atoms with Gasteiger partial charge in [-0.25, -0.2) is 9.59 Å². The fourth-order valence-corrected chi connectivity index (χ4v) is 3.23. The van der Waals surface area contributed by atoms with Crippen LogP contribution in [0.4, 0.5) is 21.0 Å². The highest BCUT2D eigenvalue weighted by molar-refractivity contribution is 6.30. The van der Waals surface area contributed by atoms with E-state index in [9.17, 15) is 9.59 Å². The van der Waals surface area contributed by atoms with Crippen molar-refractivity contribution in [1.82, 2.24) is 10.6 Å². The normalized spacial score (nSPS) is 15.6. The van der Waals surface area contributed by atoms with Crippen molar-refractivity contribution in [3.05, 3.63) is 59.1 Å². The van der Waals surface area contributed by atoms with Gasteiger partial charge in [0.1, 0.15) is 0 Å². The van der Waals surface area contributed by atoms with E-state index in [0.29, 0.717) is 35.9 Å². The van der Waals surface area contributed by atoms with Crippen LogP contribution in [0.25, 0.3) is 0 Å². The number of nitrogens with one attached hydrogen (secondary N) is 4. The van der Waals surface area contributed by atoms with Gasteiger partial charge in [-0.3, -0.25) is 0 Å². The van der Waals surface area contributed by atoms with Crippen LogP contribution in [0, 0.1) is 0 Å². The molecule has 0 bridgehead atoms. The molecule has 1 fully saturated rings. The minimum Gasteiger partial charge on any atom is -0.376 e. The number of hydrogen-bond donors (Lipinski definition) is 4. The molecule has 0 aliphatic carbocycles. The molecule has 7 nitrogen and oxygen atoms in total. The van der Waals surface area contributed by atoms with Crippen molar-refractivity contribution in [3.8, 4) is 0 Å². The monoisotopic (exact) mass is 416 g/mol. The second kappa shape index (κ2) is 10.7. The quantitative estimate of drug-likeness (QED) is 0.549. The van der Waals surface area contributed by atoms with Crippen molar-refractivity contribution in [2.24, 2.45) is 0 Å². The molecule has 1 atom stereocenters. The molecule has 2 aromatic rings. The Kier molecular flexibility index (Phi) is 7.72. The van der Waals surface area contributed by atoms with E-state index >= 15 is 0 Å². The first-order valence-corrected chi connectivity index (χ1v) is 10.0. The van der Waals surface area contributed by atoms with Crippen LogP contribution in [0.1, 0.15) is 18.4 Å². The van der Waals surface area contributed by atoms with Crippen molar-refractivity contribution in [2.45, 2.75) is 25.4 Å². The third-order valence-electron chi connectivity index (χ3n) is 4.50. The zero-order valence-electron chi connectivity index (χ0n) is 16.0. The molecule has 154 valence electrons. The highest BCUT2D eigenvalue weighted by Crippen LogP contribution is 2.14. The maximum Gasteiger partial charge on any atom is 0.319 e. The van der Waals surface area contributed by atoms with Crippen molar-refractivity contribution >= 4 is 35.0 Å². The number of carbonyl (C=O) groups is 2. The largest absolute Gasteiger partial charge is 0.376 e. The first-order chi connectivity index (χ1) is 14.1. The minimum atomic E-state index is -0.290. The van der Waals surface area contributed by atoms with Crippen molar-refractivity contribution in [2.75, 3.05) is 30.3 Å². The summed E-state index contributed by atoms with van der Waals surface area (Å²) in [6.07, 6.45) is 2.81. The summed E-state index contributed by atoms with van der Waals surface area (Å²) < 4.78 is 5.47. The van der Waals surface area contributed by atoms with Gasteiger partial charge in [0, 0.05) is 36.1 Å². The van der Waals surface area contributed by atoms with Gasteiger partial charge in [0.25, 0.3) is 0 Å². The first-order valence-electron chi connectivity index (χ1n) is 9.64. The van der Waals surface area contributed by atoms with Crippen LogP contribution in [-0.4, -0.2) is 37.9 Å². The molecule has 1 unspecified atom stereocenters. The number of anilines is 2. The SMILES string of the molecule is O=C(NCCc1cccc(Cl)c1)Nc1ccc(NC(=O)NCC2CCCO2)cc1. The fourth-order valence-electron chi connectivity index (χ4n) is 3.01. The molecule has 1 saturated heterocycles. The molecule has 4 N–H and O–H groups in total. The van der Waals surface area contributed by atoms with Crippen molar-refractivity contribution in [1.29, 1.82) is 0 Å². The Balaban J connectivity index is 1.36. The maximum absolute atomic E-state index is 12.0. The smallest absolute Gasteiger partial charge is 0.319 e. The van der Waals surface area contributed by atoms with Crippen LogP contribution in [0.2, 0.25) is 5.02 Å². The molecule has 4 amide bonds. The predicted molar refractivity (Wildman–Crippen MR) is 115 cm³/mol. The third kappa shape index (κ3) is 7.29. The van der Waals surface area contributed by atoms with Gasteiger partial charge in [-0.15, -0.1) is 0 Å². The number of carbonyl (C=O) groups excluding carboxylic acids is 2. The summed E-state index contributed by atoms with van der Waals surface area (Å²) in [6.45, 7) is 1.76. The second-order valence-corrected chi connectivity index (χ2v) is 7.24. The van der Waals surface area contributed by atoms with Crippen LogP contribution in [0.5, 0.6) is 0 Å². The van der Waals surface area contributed by atoms with E-state index in [2.05, 4.69) is 21.3 Å². The lowest BCUT2D eigenvalue weighted by atomic mass is 10.1. The van der Waals surface area contributed by atoms with Crippen LogP contribution in [-0.2, 0) is 11.2 Å². The molecule has 0 aromatic heterocycles. The summed E-state index contributed by atoms with van der Waals surface area (Å²) in [7, 11) is 0. The highest BCUT2D eigenvalue weighted by atomic mass is 35.5. The molecule has 0 saturated carbocycles. The van der Waals surface area contributed by atoms with E-state index in [-0.39, 0.29) is 18.2 Å². The van der Waals surface area contributed by atoms with Gasteiger partial charge in [-0.05, 0) is 61.2 Å². The van der Waals surface area contributed by atoms with Crippen LogP contribution in [0.3, 0.4) is 0 Å². The van der Waals surface area contributed by atoms with E-state index in [1.54, 1.807) is 24.3 Å². The number of urea groups is 2. The Labute approximate surface area is 175 Å². The van der Waals surface area contributed by atoms with E-state index in [0.717, 1.165) is 25.0 Å². The van der Waals surface area contributed by atoms with Crippen molar-refractivity contribution < 1.29 is 14.3 Å². The molecule has 0 spiro atoms. The van der Waals surface area contributed by atoms with E-state index in [1.807, 2.05) is 24.3 Å². The molecule has 1 aliphatic heterocycles. The summed E-state index contributed by atoms with van der Waals surface area (Å²) in [5.41, 5.74) is 2.34. The molecule has 1 heterocycles. The van der Waals surface area contributed by atoms with Gasteiger partial charge in [0.2, 0.25) is 0 Å². The molecular weight excluding hydrogens is 392 g/mol. The van der Waals surface area contributed by atoms with Gasteiger partial charge >= 0.3 is 12.1 Å². The Morgan fingerprint density at radius 3 is 2.31 bits per heavy atom. The van der Waals surface area contributed by atoms with Gasteiger partial charge in [0.05, 0.1) is 6.10 Å². The lowest BCUT2D eigenvalue weighted by Crippen LogP contribution is -2.35. The van der Waals surface area contributed by atoms with Crippen LogP contribution >= 0.6 is 11.6 Å². The zero-order chi connectivity index (χ0) is 20.5. The van der Waals surface area contributed by atoms with Gasteiger partial charge in [-0.2, -0.15) is 0 Å². The number of rotatable bonds is 7. The van der Waals surface area contributed by atoms with E-state index < -0.39 is 0 Å². The van der Waals surface area contributed by atoms with Gasteiger partial charge in [0.15, 0.2) is 0 Å². The van der Waals surface area contributed by atoms with E-state index in [4.69, 9.17) is 16.3 Å². The van der Waals surface area contributed by atoms with E-state index in [1.165, 1.54) is 0 Å². The molecule has 29 heavy (non-hydrogen) atoms. The summed E-state index contributed by atoms with van der Waals surface area (Å²) >= 11 is 5.95. The topological polar surface area (TPSA) is 91.5 Å². The van der Waals surface area contributed by atoms with Gasteiger partial charge < -0.3 is 26.0 Å². The zero-order valence-corrected chi connectivity index (χ0v) is 16.8. The molecule has 0 radical (unpaired) electrons. The summed E-state index contributed by atoms with van der Waals surface area (Å²) in [5.74, 6) is 0. The summed E-state index contributed by atoms with van der Waals surface area (Å²) in [5, 5.41) is 11.8. The highest BCUT2D eigenvalue weighted by Gasteiger charge is 2.16. The molecule has 3 rings (SSSR count). The molecule has 1 aliphatic rings. The average Bonchev–Trinajstić information content (AvgIpc) is 3.22. The first kappa shape index (κ1) is 21.0. The number of benzene rings is 2. The Morgan fingerprint density at radius 2 is 1.69 bits per heavy atom. The predicted octanol–water partition coefficient (Wildman–Crippen LogP) is 4.00. The number of amides is 4. The lowest BCUT2D eigenvalue weighted by molar-refractivity contribution is 0.112. The summed E-state index contributed by atoms with van der Waals surface area (Å²) in [6, 6.07) is 13.9. The molecular formula is C21H25ClN4O3. The number of hydrogen-bond acceptors (Lipinski definition) is 3. The van der Waals surface area contributed by atoms with Crippen molar-refractivity contribution in [3.63, 3.8) is 0 Å². The van der Waals surface area contributed by atoms with Gasteiger partial charge in [-0.1, -0.05) is 23.7 Å². The number of ether oxygens (including phenoxy) is 1.